The first-order valence-corrected chi connectivity index (χ1v) is 8.96. The zero-order valence-electron chi connectivity index (χ0n) is 16.4. The molecule has 7 heteroatoms. The summed E-state index contributed by atoms with van der Waals surface area (Å²) >= 11 is 0. The van der Waals surface area contributed by atoms with Gasteiger partial charge < -0.3 is 15.5 Å². The van der Waals surface area contributed by atoms with Crippen molar-refractivity contribution >= 4 is 35.8 Å². The van der Waals surface area contributed by atoms with Crippen molar-refractivity contribution in [3.05, 3.63) is 59.0 Å². The molecule has 1 aromatic heterocycles. The first kappa shape index (κ1) is 23.1. The average molecular weight is 485 g/mol. The smallest absolute Gasteiger partial charge is 0.191 e. The van der Waals surface area contributed by atoms with Crippen LogP contribution < -0.4 is 15.5 Å². The van der Waals surface area contributed by atoms with Gasteiger partial charge in [0.1, 0.15) is 11.6 Å². The molecule has 0 atom stereocenters. The third kappa shape index (κ3) is 6.97. The molecular formula is C20H29FIN5. The SMILES string of the molecule is CCN(CC)c1ccc(CNC(=NC)NCc2ccc(F)c(C)c2)cn1.I. The van der Waals surface area contributed by atoms with Gasteiger partial charge in [0.15, 0.2) is 5.96 Å². The maximum Gasteiger partial charge on any atom is 0.191 e. The topological polar surface area (TPSA) is 52.5 Å². The van der Waals surface area contributed by atoms with Crippen LogP contribution in [0.3, 0.4) is 0 Å². The molecule has 0 saturated carbocycles. The van der Waals surface area contributed by atoms with Crippen LogP contribution >= 0.6 is 24.0 Å². The number of rotatable bonds is 7. The van der Waals surface area contributed by atoms with E-state index in [0.29, 0.717) is 24.6 Å². The van der Waals surface area contributed by atoms with Crippen LogP contribution in [0.15, 0.2) is 41.5 Å². The fourth-order valence-corrected chi connectivity index (χ4v) is 2.66. The van der Waals surface area contributed by atoms with Gasteiger partial charge in [-0.1, -0.05) is 18.2 Å². The van der Waals surface area contributed by atoms with Gasteiger partial charge in [-0.05, 0) is 49.6 Å². The van der Waals surface area contributed by atoms with Crippen molar-refractivity contribution in [2.75, 3.05) is 25.0 Å². The average Bonchev–Trinajstić information content (AvgIpc) is 2.66. The predicted molar refractivity (Wildman–Crippen MR) is 121 cm³/mol. The minimum atomic E-state index is -0.183. The number of nitrogens with one attached hydrogen (secondary N) is 2. The molecular weight excluding hydrogens is 456 g/mol. The second-order valence-corrected chi connectivity index (χ2v) is 6.06. The summed E-state index contributed by atoms with van der Waals surface area (Å²) in [5.74, 6) is 1.50. The zero-order chi connectivity index (χ0) is 18.9. The Balaban J connectivity index is 0.00000364. The second kappa shape index (κ2) is 11.7. The van der Waals surface area contributed by atoms with Crippen molar-refractivity contribution in [1.29, 1.82) is 0 Å². The maximum atomic E-state index is 13.3. The minimum Gasteiger partial charge on any atom is -0.357 e. The van der Waals surface area contributed by atoms with Crippen molar-refractivity contribution in [3.8, 4) is 0 Å². The molecule has 0 unspecified atom stereocenters. The van der Waals surface area contributed by atoms with E-state index >= 15 is 0 Å². The Bertz CT molecular complexity index is 730. The lowest BCUT2D eigenvalue weighted by Crippen LogP contribution is -2.36. The molecule has 0 aliphatic carbocycles. The number of aromatic nitrogens is 1. The molecule has 0 saturated heterocycles. The molecule has 1 aromatic carbocycles. The van der Waals surface area contributed by atoms with Gasteiger partial charge >= 0.3 is 0 Å². The summed E-state index contributed by atoms with van der Waals surface area (Å²) in [5.41, 5.74) is 2.74. The lowest BCUT2D eigenvalue weighted by molar-refractivity contribution is 0.617. The standard InChI is InChI=1S/C20H28FN5.HI/c1-5-26(6-2)19-10-8-17(13-23-19)14-25-20(22-4)24-12-16-7-9-18(21)15(3)11-16;/h7-11,13H,5-6,12,14H2,1-4H3,(H2,22,24,25);1H. The van der Waals surface area contributed by atoms with Gasteiger partial charge in [-0.15, -0.1) is 24.0 Å². The molecule has 27 heavy (non-hydrogen) atoms. The quantitative estimate of drug-likeness (QED) is 0.356. The Morgan fingerprint density at radius 1 is 1.07 bits per heavy atom. The molecule has 148 valence electrons. The number of pyridine rings is 1. The van der Waals surface area contributed by atoms with E-state index < -0.39 is 0 Å². The van der Waals surface area contributed by atoms with E-state index in [2.05, 4.69) is 45.4 Å². The van der Waals surface area contributed by atoms with Crippen molar-refractivity contribution in [2.24, 2.45) is 4.99 Å². The van der Waals surface area contributed by atoms with Crippen LogP contribution in [0.1, 0.15) is 30.5 Å². The fraction of sp³-hybridized carbons (Fsp3) is 0.400. The van der Waals surface area contributed by atoms with Gasteiger partial charge in [-0.3, -0.25) is 4.99 Å². The summed E-state index contributed by atoms with van der Waals surface area (Å²) in [6.45, 7) is 9.12. The summed E-state index contributed by atoms with van der Waals surface area (Å²) in [7, 11) is 1.73. The van der Waals surface area contributed by atoms with E-state index in [1.165, 1.54) is 6.07 Å². The number of halogens is 2. The molecule has 0 amide bonds. The predicted octanol–water partition coefficient (Wildman–Crippen LogP) is 3.86. The number of hydrogen-bond donors (Lipinski definition) is 2. The monoisotopic (exact) mass is 485 g/mol. The highest BCUT2D eigenvalue weighted by molar-refractivity contribution is 14.0. The summed E-state index contributed by atoms with van der Waals surface area (Å²) in [4.78, 5) is 11.0. The van der Waals surface area contributed by atoms with E-state index in [4.69, 9.17) is 0 Å². The van der Waals surface area contributed by atoms with Gasteiger partial charge in [0.2, 0.25) is 0 Å². The van der Waals surface area contributed by atoms with Crippen LogP contribution in [0.4, 0.5) is 10.2 Å². The molecule has 0 spiro atoms. The molecule has 2 rings (SSSR count). The van der Waals surface area contributed by atoms with Crippen molar-refractivity contribution in [2.45, 2.75) is 33.9 Å². The Hall–Kier alpha value is -1.90. The van der Waals surface area contributed by atoms with Crippen LogP contribution in [-0.2, 0) is 13.1 Å². The molecule has 0 fully saturated rings. The zero-order valence-corrected chi connectivity index (χ0v) is 18.8. The Labute approximate surface area is 178 Å². The number of nitrogens with zero attached hydrogens (tertiary/aromatic N) is 3. The van der Waals surface area contributed by atoms with Crippen LogP contribution in [0, 0.1) is 12.7 Å². The largest absolute Gasteiger partial charge is 0.357 e. The van der Waals surface area contributed by atoms with E-state index in [0.717, 1.165) is 30.0 Å². The van der Waals surface area contributed by atoms with Gasteiger partial charge in [-0.25, -0.2) is 9.37 Å². The molecule has 2 aromatic rings. The van der Waals surface area contributed by atoms with E-state index in [9.17, 15) is 4.39 Å². The van der Waals surface area contributed by atoms with Crippen molar-refractivity contribution in [3.63, 3.8) is 0 Å². The molecule has 0 aliphatic rings. The Morgan fingerprint density at radius 3 is 2.22 bits per heavy atom. The number of benzene rings is 1. The number of anilines is 1. The number of guanidine groups is 1. The van der Waals surface area contributed by atoms with E-state index in [-0.39, 0.29) is 29.8 Å². The molecule has 2 N–H and O–H groups in total. The van der Waals surface area contributed by atoms with Crippen LogP contribution in [0.5, 0.6) is 0 Å². The number of aliphatic imine (C=N–C) groups is 1. The molecule has 1 heterocycles. The molecule has 5 nitrogen and oxygen atoms in total. The van der Waals surface area contributed by atoms with Crippen molar-refractivity contribution in [1.82, 2.24) is 15.6 Å². The first-order chi connectivity index (χ1) is 12.6. The second-order valence-electron chi connectivity index (χ2n) is 6.06. The highest BCUT2D eigenvalue weighted by atomic mass is 127. The van der Waals surface area contributed by atoms with Gasteiger partial charge in [0.05, 0.1) is 0 Å². The molecule has 0 aliphatic heterocycles. The first-order valence-electron chi connectivity index (χ1n) is 8.96. The normalized spacial score (nSPS) is 10.9. The third-order valence-corrected chi connectivity index (χ3v) is 4.26. The fourth-order valence-electron chi connectivity index (χ4n) is 2.66. The number of hydrogen-bond acceptors (Lipinski definition) is 3. The highest BCUT2D eigenvalue weighted by Crippen LogP contribution is 2.11. The van der Waals surface area contributed by atoms with E-state index in [1.807, 2.05) is 18.3 Å². The highest BCUT2D eigenvalue weighted by Gasteiger charge is 2.04. The summed E-state index contributed by atoms with van der Waals surface area (Å²) in [6, 6.07) is 9.22. The Morgan fingerprint density at radius 2 is 1.70 bits per heavy atom. The van der Waals surface area contributed by atoms with Gasteiger partial charge in [-0.2, -0.15) is 0 Å². The minimum absolute atomic E-state index is 0. The summed E-state index contributed by atoms with van der Waals surface area (Å²) in [6.07, 6.45) is 1.89. The molecule has 0 radical (unpaired) electrons. The molecule has 0 bridgehead atoms. The summed E-state index contributed by atoms with van der Waals surface area (Å²) in [5, 5.41) is 6.51. The Kier molecular flexibility index (Phi) is 10.1. The van der Waals surface area contributed by atoms with Gasteiger partial charge in [0, 0.05) is 39.4 Å². The van der Waals surface area contributed by atoms with Crippen molar-refractivity contribution < 1.29 is 4.39 Å². The van der Waals surface area contributed by atoms with Gasteiger partial charge in [0.25, 0.3) is 0 Å². The number of aryl methyl sites for hydroxylation is 1. The third-order valence-electron chi connectivity index (χ3n) is 4.26. The lowest BCUT2D eigenvalue weighted by atomic mass is 10.1. The maximum absolute atomic E-state index is 13.3. The lowest BCUT2D eigenvalue weighted by Gasteiger charge is -2.19. The van der Waals surface area contributed by atoms with Crippen LogP contribution in [0.2, 0.25) is 0 Å². The van der Waals surface area contributed by atoms with Crippen LogP contribution in [-0.4, -0.2) is 31.1 Å². The van der Waals surface area contributed by atoms with E-state index in [1.54, 1.807) is 20.0 Å². The summed E-state index contributed by atoms with van der Waals surface area (Å²) < 4.78 is 13.3. The van der Waals surface area contributed by atoms with Crippen LogP contribution in [0.25, 0.3) is 0 Å².